The third kappa shape index (κ3) is 4.08. The lowest BCUT2D eigenvalue weighted by atomic mass is 10.1. The van der Waals surface area contributed by atoms with Crippen molar-refractivity contribution in [1.29, 1.82) is 0 Å². The fourth-order valence-electron chi connectivity index (χ4n) is 4.49. The predicted molar refractivity (Wildman–Crippen MR) is 123 cm³/mol. The zero-order valence-electron chi connectivity index (χ0n) is 18.4. The average Bonchev–Trinajstić information content (AvgIpc) is 3.48. The molecule has 0 N–H and O–H groups in total. The first-order chi connectivity index (χ1) is 15.6. The van der Waals surface area contributed by atoms with Crippen molar-refractivity contribution in [3.63, 3.8) is 0 Å². The van der Waals surface area contributed by atoms with E-state index in [1.54, 1.807) is 12.1 Å². The van der Waals surface area contributed by atoms with E-state index in [0.717, 1.165) is 42.8 Å². The van der Waals surface area contributed by atoms with Crippen LogP contribution in [0.2, 0.25) is 0 Å². The van der Waals surface area contributed by atoms with Gasteiger partial charge < -0.3 is 14.0 Å². The number of imidazole rings is 1. The van der Waals surface area contributed by atoms with Crippen molar-refractivity contribution in [1.82, 2.24) is 13.9 Å². The van der Waals surface area contributed by atoms with Crippen LogP contribution < -0.4 is 0 Å². The van der Waals surface area contributed by atoms with E-state index in [0.29, 0.717) is 38.4 Å². The molecule has 7 nitrogen and oxygen atoms in total. The van der Waals surface area contributed by atoms with Gasteiger partial charge in [0, 0.05) is 25.3 Å². The number of rotatable bonds is 6. The molecule has 2 aromatic carbocycles. The molecule has 0 bridgehead atoms. The zero-order chi connectivity index (χ0) is 22.1. The van der Waals surface area contributed by atoms with E-state index in [4.69, 9.17) is 14.5 Å². The smallest absolute Gasteiger partial charge is 0.243 e. The number of hydrogen-bond acceptors (Lipinski definition) is 5. The summed E-state index contributed by atoms with van der Waals surface area (Å²) < 4.78 is 41.2. The van der Waals surface area contributed by atoms with Gasteiger partial charge >= 0.3 is 0 Å². The Morgan fingerprint density at radius 2 is 1.84 bits per heavy atom. The van der Waals surface area contributed by atoms with Gasteiger partial charge in [0.2, 0.25) is 10.0 Å². The molecular weight excluding hydrogens is 426 g/mol. The molecule has 2 saturated heterocycles. The second-order valence-corrected chi connectivity index (χ2v) is 10.3. The van der Waals surface area contributed by atoms with Crippen LogP contribution in [-0.2, 0) is 32.5 Å². The number of sulfonamides is 1. The Hall–Kier alpha value is -2.26. The van der Waals surface area contributed by atoms with Gasteiger partial charge in [-0.15, -0.1) is 0 Å². The molecule has 0 spiro atoms. The summed E-state index contributed by atoms with van der Waals surface area (Å²) in [6.45, 7) is 5.24. The molecule has 1 unspecified atom stereocenters. The summed E-state index contributed by atoms with van der Waals surface area (Å²) in [5.41, 5.74) is 3.91. The van der Waals surface area contributed by atoms with Crippen molar-refractivity contribution in [2.45, 2.75) is 43.7 Å². The summed E-state index contributed by atoms with van der Waals surface area (Å²) in [7, 11) is -3.57. The van der Waals surface area contributed by atoms with Gasteiger partial charge in [0.05, 0.1) is 41.8 Å². The molecule has 0 radical (unpaired) electrons. The first-order valence-electron chi connectivity index (χ1n) is 11.4. The van der Waals surface area contributed by atoms with E-state index in [-0.39, 0.29) is 11.0 Å². The SMILES string of the molecule is CCc1ccc(-c2nc3cc(S(=O)(=O)N4CCOCC4)ccc3n2CC2CCCO2)cc1. The summed E-state index contributed by atoms with van der Waals surface area (Å²) in [6.07, 6.45) is 3.23. The number of aromatic nitrogens is 2. The van der Waals surface area contributed by atoms with E-state index in [1.807, 2.05) is 6.07 Å². The average molecular weight is 456 g/mol. The van der Waals surface area contributed by atoms with Crippen LogP contribution in [0.3, 0.4) is 0 Å². The minimum absolute atomic E-state index is 0.151. The Morgan fingerprint density at radius 3 is 2.53 bits per heavy atom. The Balaban J connectivity index is 1.58. The van der Waals surface area contributed by atoms with Crippen LogP contribution in [0.5, 0.6) is 0 Å². The minimum Gasteiger partial charge on any atom is -0.379 e. The van der Waals surface area contributed by atoms with Gasteiger partial charge in [0.1, 0.15) is 5.82 Å². The lowest BCUT2D eigenvalue weighted by molar-refractivity contribution is 0.0730. The third-order valence-electron chi connectivity index (χ3n) is 6.36. The van der Waals surface area contributed by atoms with E-state index in [9.17, 15) is 8.42 Å². The Morgan fingerprint density at radius 1 is 1.06 bits per heavy atom. The highest BCUT2D eigenvalue weighted by atomic mass is 32.2. The van der Waals surface area contributed by atoms with Gasteiger partial charge in [0.25, 0.3) is 0 Å². The van der Waals surface area contributed by atoms with Crippen LogP contribution in [0.1, 0.15) is 25.3 Å². The Bertz CT molecular complexity index is 1190. The van der Waals surface area contributed by atoms with E-state index < -0.39 is 10.0 Å². The van der Waals surface area contributed by atoms with Crippen molar-refractivity contribution >= 4 is 21.1 Å². The molecule has 0 aliphatic carbocycles. The van der Waals surface area contributed by atoms with Gasteiger partial charge in [-0.3, -0.25) is 0 Å². The zero-order valence-corrected chi connectivity index (χ0v) is 19.2. The predicted octanol–water partition coefficient (Wildman–Crippen LogP) is 3.47. The van der Waals surface area contributed by atoms with Crippen LogP contribution in [-0.4, -0.2) is 61.3 Å². The number of aryl methyl sites for hydroxylation is 1. The molecule has 0 amide bonds. The molecule has 2 aliphatic rings. The van der Waals surface area contributed by atoms with Gasteiger partial charge in [-0.05, 0) is 43.0 Å². The first-order valence-corrected chi connectivity index (χ1v) is 12.8. The molecular formula is C24H29N3O4S. The fourth-order valence-corrected chi connectivity index (χ4v) is 5.92. The van der Waals surface area contributed by atoms with Crippen molar-refractivity contribution in [3.05, 3.63) is 48.0 Å². The fraction of sp³-hybridized carbons (Fsp3) is 0.458. The molecule has 3 aromatic rings. The van der Waals surface area contributed by atoms with Crippen LogP contribution in [0.4, 0.5) is 0 Å². The molecule has 5 rings (SSSR count). The van der Waals surface area contributed by atoms with Crippen LogP contribution in [0, 0.1) is 0 Å². The standard InChI is InChI=1S/C24H29N3O4S/c1-2-18-5-7-19(8-6-18)24-25-22-16-21(32(28,29)26-11-14-30-15-12-26)9-10-23(22)27(24)17-20-4-3-13-31-20/h5-10,16,20H,2-4,11-15,17H2,1H3. The number of ether oxygens (including phenoxy) is 2. The molecule has 0 saturated carbocycles. The first kappa shape index (κ1) is 21.6. The Kier molecular flexibility index (Phi) is 6.03. The quantitative estimate of drug-likeness (QED) is 0.569. The van der Waals surface area contributed by atoms with Crippen LogP contribution in [0.15, 0.2) is 47.4 Å². The van der Waals surface area contributed by atoms with E-state index in [1.165, 1.54) is 9.87 Å². The second-order valence-electron chi connectivity index (χ2n) is 8.40. The number of hydrogen-bond donors (Lipinski definition) is 0. The molecule has 3 heterocycles. The van der Waals surface area contributed by atoms with Gasteiger partial charge in [-0.25, -0.2) is 13.4 Å². The summed E-state index contributed by atoms with van der Waals surface area (Å²) in [5.74, 6) is 0.846. The minimum atomic E-state index is -3.57. The molecule has 2 aliphatic heterocycles. The summed E-state index contributed by atoms with van der Waals surface area (Å²) in [5, 5.41) is 0. The summed E-state index contributed by atoms with van der Waals surface area (Å²) in [4.78, 5) is 5.18. The molecule has 170 valence electrons. The molecule has 32 heavy (non-hydrogen) atoms. The molecule has 1 atom stereocenters. The number of fused-ring (bicyclic) bond motifs is 1. The van der Waals surface area contributed by atoms with E-state index >= 15 is 0 Å². The molecule has 2 fully saturated rings. The van der Waals surface area contributed by atoms with Crippen LogP contribution in [0.25, 0.3) is 22.4 Å². The molecule has 8 heteroatoms. The maximum Gasteiger partial charge on any atom is 0.243 e. The van der Waals surface area contributed by atoms with E-state index in [2.05, 4.69) is 35.8 Å². The van der Waals surface area contributed by atoms with Crippen molar-refractivity contribution in [2.24, 2.45) is 0 Å². The van der Waals surface area contributed by atoms with Gasteiger partial charge in [0.15, 0.2) is 0 Å². The summed E-state index contributed by atoms with van der Waals surface area (Å²) >= 11 is 0. The Labute approximate surface area is 189 Å². The van der Waals surface area contributed by atoms with Crippen LogP contribution >= 0.6 is 0 Å². The number of benzene rings is 2. The highest BCUT2D eigenvalue weighted by Crippen LogP contribution is 2.30. The highest BCUT2D eigenvalue weighted by molar-refractivity contribution is 7.89. The highest BCUT2D eigenvalue weighted by Gasteiger charge is 2.28. The second kappa shape index (κ2) is 8.94. The van der Waals surface area contributed by atoms with Crippen molar-refractivity contribution in [3.8, 4) is 11.4 Å². The third-order valence-corrected chi connectivity index (χ3v) is 8.25. The maximum absolute atomic E-state index is 13.2. The van der Waals surface area contributed by atoms with Gasteiger partial charge in [-0.2, -0.15) is 4.31 Å². The lowest BCUT2D eigenvalue weighted by Gasteiger charge is -2.26. The normalized spacial score (nSPS) is 20.2. The van der Waals surface area contributed by atoms with Crippen molar-refractivity contribution in [2.75, 3.05) is 32.9 Å². The monoisotopic (exact) mass is 455 g/mol. The summed E-state index contributed by atoms with van der Waals surface area (Å²) in [6, 6.07) is 13.7. The topological polar surface area (TPSA) is 73.7 Å². The lowest BCUT2D eigenvalue weighted by Crippen LogP contribution is -2.40. The maximum atomic E-state index is 13.2. The molecule has 1 aromatic heterocycles. The van der Waals surface area contributed by atoms with Gasteiger partial charge in [-0.1, -0.05) is 31.2 Å². The largest absolute Gasteiger partial charge is 0.379 e. The number of nitrogens with zero attached hydrogens (tertiary/aromatic N) is 3. The number of morpholine rings is 1. The van der Waals surface area contributed by atoms with Crippen molar-refractivity contribution < 1.29 is 17.9 Å².